The van der Waals surface area contributed by atoms with Crippen LogP contribution < -0.4 is 4.72 Å². The van der Waals surface area contributed by atoms with Gasteiger partial charge in [0.15, 0.2) is 6.29 Å². The van der Waals surface area contributed by atoms with E-state index in [1.165, 1.54) is 24.3 Å². The predicted octanol–water partition coefficient (Wildman–Crippen LogP) is 4.02. The maximum absolute atomic E-state index is 13.1. The van der Waals surface area contributed by atoms with Gasteiger partial charge in [0.25, 0.3) is 15.9 Å². The molecule has 7 nitrogen and oxygen atoms in total. The zero-order valence-corrected chi connectivity index (χ0v) is 18.9. The minimum atomic E-state index is -3.98. The molecule has 2 aromatic carbocycles. The number of ether oxygens (including phenoxy) is 2. The van der Waals surface area contributed by atoms with Crippen LogP contribution in [-0.2, 0) is 19.5 Å². The van der Waals surface area contributed by atoms with E-state index in [0.29, 0.717) is 31.9 Å². The van der Waals surface area contributed by atoms with Gasteiger partial charge in [-0.2, -0.15) is 0 Å². The lowest BCUT2D eigenvalue weighted by Gasteiger charge is -2.34. The second-order valence-electron chi connectivity index (χ2n) is 7.52. The predicted molar refractivity (Wildman–Crippen MR) is 118 cm³/mol. The molecule has 4 rings (SSSR count). The summed E-state index contributed by atoms with van der Waals surface area (Å²) in [5, 5.41) is 0.309. The van der Waals surface area contributed by atoms with Crippen LogP contribution in [0, 0.1) is 5.92 Å². The second-order valence-corrected chi connectivity index (χ2v) is 10.0. The summed E-state index contributed by atoms with van der Waals surface area (Å²) in [6, 6.07) is 10.6. The summed E-state index contributed by atoms with van der Waals surface area (Å²) in [7, 11) is -3.98. The maximum atomic E-state index is 13.1. The third-order valence-electron chi connectivity index (χ3n) is 5.32. The molecule has 0 saturated carbocycles. The van der Waals surface area contributed by atoms with Crippen molar-refractivity contribution in [1.29, 1.82) is 0 Å². The Morgan fingerprint density at radius 2 is 1.87 bits per heavy atom. The average Bonchev–Trinajstić information content (AvgIpc) is 3.30. The van der Waals surface area contributed by atoms with Crippen molar-refractivity contribution in [3.8, 4) is 0 Å². The van der Waals surface area contributed by atoms with Gasteiger partial charge in [-0.25, -0.2) is 8.42 Å². The Bertz CT molecular complexity index is 1070. The minimum Gasteiger partial charge on any atom is -0.350 e. The first-order valence-electron chi connectivity index (χ1n) is 9.94. The van der Waals surface area contributed by atoms with Crippen LogP contribution in [0.25, 0.3) is 0 Å². The Morgan fingerprint density at radius 3 is 2.65 bits per heavy atom. The van der Waals surface area contributed by atoms with E-state index in [1.807, 2.05) is 0 Å². The van der Waals surface area contributed by atoms with Gasteiger partial charge in [-0.3, -0.25) is 9.52 Å². The number of sulfonamides is 1. The van der Waals surface area contributed by atoms with Crippen molar-refractivity contribution in [2.75, 3.05) is 31.0 Å². The third kappa shape index (κ3) is 5.15. The van der Waals surface area contributed by atoms with E-state index in [4.69, 9.17) is 32.7 Å². The number of likely N-dealkylation sites (tertiary alicyclic amines) is 1. The minimum absolute atomic E-state index is 0.0554. The molecule has 2 fully saturated rings. The van der Waals surface area contributed by atoms with E-state index >= 15 is 0 Å². The molecule has 2 aliphatic rings. The fourth-order valence-electron chi connectivity index (χ4n) is 3.86. The summed E-state index contributed by atoms with van der Waals surface area (Å²) in [6.07, 6.45) is 1.53. The number of amides is 1. The van der Waals surface area contributed by atoms with Crippen LogP contribution in [0.4, 0.5) is 5.69 Å². The molecule has 1 amide bonds. The van der Waals surface area contributed by atoms with Gasteiger partial charge >= 0.3 is 0 Å². The van der Waals surface area contributed by atoms with Crippen molar-refractivity contribution in [3.63, 3.8) is 0 Å². The molecule has 0 aliphatic carbocycles. The highest BCUT2D eigenvalue weighted by atomic mass is 35.5. The van der Waals surface area contributed by atoms with Crippen LogP contribution in [0.5, 0.6) is 0 Å². The Labute approximate surface area is 191 Å². The van der Waals surface area contributed by atoms with Crippen molar-refractivity contribution < 1.29 is 22.7 Å². The van der Waals surface area contributed by atoms with E-state index in [-0.39, 0.29) is 38.7 Å². The smallest absolute Gasteiger partial charge is 0.263 e. The number of carbonyl (C=O) groups excluding carboxylic acids is 1. The van der Waals surface area contributed by atoms with E-state index < -0.39 is 10.0 Å². The van der Waals surface area contributed by atoms with Crippen LogP contribution in [0.3, 0.4) is 0 Å². The second kappa shape index (κ2) is 9.34. The Kier molecular flexibility index (Phi) is 6.74. The number of rotatable bonds is 5. The quantitative estimate of drug-likeness (QED) is 0.692. The van der Waals surface area contributed by atoms with Crippen molar-refractivity contribution in [2.45, 2.75) is 24.0 Å². The largest absolute Gasteiger partial charge is 0.350 e. The molecule has 0 spiro atoms. The first-order valence-corrected chi connectivity index (χ1v) is 12.2. The van der Waals surface area contributed by atoms with E-state index in [0.717, 1.165) is 12.8 Å². The van der Waals surface area contributed by atoms with E-state index in [1.54, 1.807) is 23.1 Å². The Morgan fingerprint density at radius 1 is 1.10 bits per heavy atom. The highest BCUT2D eigenvalue weighted by Gasteiger charge is 2.33. The van der Waals surface area contributed by atoms with Gasteiger partial charge in [-0.05, 0) is 49.2 Å². The van der Waals surface area contributed by atoms with Gasteiger partial charge in [0, 0.05) is 35.3 Å². The number of benzene rings is 2. The standard InChI is InChI=1S/C21H22Cl2N2O5S/c22-16-6-7-18(23)19(12-16)31(27,28)24-17-5-1-3-14(11-17)20(26)25-8-2-4-15(13-25)21-29-9-10-30-21/h1,3,5-7,11-12,15,21,24H,2,4,8-10,13H2. The maximum Gasteiger partial charge on any atom is 0.263 e. The molecule has 0 radical (unpaired) electrons. The van der Waals surface area contributed by atoms with Gasteiger partial charge in [0.05, 0.1) is 18.2 Å². The first kappa shape index (κ1) is 22.4. The molecule has 0 bridgehead atoms. The molecule has 2 aromatic rings. The zero-order chi connectivity index (χ0) is 22.0. The number of hydrogen-bond acceptors (Lipinski definition) is 5. The molecule has 31 heavy (non-hydrogen) atoms. The summed E-state index contributed by atoms with van der Waals surface area (Å²) in [5.41, 5.74) is 0.657. The first-order chi connectivity index (χ1) is 14.8. The molecule has 2 aliphatic heterocycles. The van der Waals surface area contributed by atoms with Crippen molar-refractivity contribution >= 4 is 44.8 Å². The molecular weight excluding hydrogens is 463 g/mol. The molecule has 166 valence electrons. The number of anilines is 1. The van der Waals surface area contributed by atoms with Crippen molar-refractivity contribution in [3.05, 3.63) is 58.1 Å². The van der Waals surface area contributed by atoms with Crippen LogP contribution in [-0.4, -0.2) is 51.8 Å². The normalized spacial score (nSPS) is 20.1. The van der Waals surface area contributed by atoms with Crippen LogP contribution >= 0.6 is 23.2 Å². The zero-order valence-electron chi connectivity index (χ0n) is 16.6. The van der Waals surface area contributed by atoms with Gasteiger partial charge < -0.3 is 14.4 Å². The van der Waals surface area contributed by atoms with Crippen molar-refractivity contribution in [2.24, 2.45) is 5.92 Å². The Hall–Kier alpha value is -1.84. The molecule has 2 heterocycles. The summed E-state index contributed by atoms with van der Waals surface area (Å²) in [4.78, 5) is 14.7. The van der Waals surface area contributed by atoms with Gasteiger partial charge in [0.1, 0.15) is 4.90 Å². The lowest BCUT2D eigenvalue weighted by atomic mass is 9.96. The van der Waals surface area contributed by atoms with Crippen LogP contribution in [0.2, 0.25) is 10.0 Å². The van der Waals surface area contributed by atoms with Crippen LogP contribution in [0.1, 0.15) is 23.2 Å². The van der Waals surface area contributed by atoms with Gasteiger partial charge in [-0.15, -0.1) is 0 Å². The lowest BCUT2D eigenvalue weighted by molar-refractivity contribution is -0.0969. The fourth-order valence-corrected chi connectivity index (χ4v) is 5.67. The number of nitrogens with zero attached hydrogens (tertiary/aromatic N) is 1. The van der Waals surface area contributed by atoms with E-state index in [2.05, 4.69) is 4.72 Å². The summed E-state index contributed by atoms with van der Waals surface area (Å²) in [5.74, 6) is -0.0311. The molecule has 0 aromatic heterocycles. The number of halogens is 2. The fraction of sp³-hybridized carbons (Fsp3) is 0.381. The van der Waals surface area contributed by atoms with Gasteiger partial charge in [0.2, 0.25) is 0 Å². The molecule has 1 atom stereocenters. The highest BCUT2D eigenvalue weighted by Crippen LogP contribution is 2.28. The number of hydrogen-bond donors (Lipinski definition) is 1. The average molecular weight is 485 g/mol. The monoisotopic (exact) mass is 484 g/mol. The Balaban J connectivity index is 1.50. The summed E-state index contributed by atoms with van der Waals surface area (Å²) in [6.45, 7) is 2.33. The lowest BCUT2D eigenvalue weighted by Crippen LogP contribution is -2.43. The number of piperidine rings is 1. The molecule has 10 heteroatoms. The number of nitrogens with one attached hydrogen (secondary N) is 1. The summed E-state index contributed by atoms with van der Waals surface area (Å²) >= 11 is 12.0. The SMILES string of the molecule is O=C(c1cccc(NS(=O)(=O)c2cc(Cl)ccc2Cl)c1)N1CCCC(C2OCCO2)C1. The molecular formula is C21H22Cl2N2O5S. The third-order valence-corrected chi connectivity index (χ3v) is 7.42. The molecule has 2 saturated heterocycles. The topological polar surface area (TPSA) is 84.9 Å². The molecule has 1 N–H and O–H groups in total. The van der Waals surface area contributed by atoms with E-state index in [9.17, 15) is 13.2 Å². The molecule has 1 unspecified atom stereocenters. The summed E-state index contributed by atoms with van der Waals surface area (Å²) < 4.78 is 39.2. The van der Waals surface area contributed by atoms with Crippen LogP contribution in [0.15, 0.2) is 47.4 Å². The number of carbonyl (C=O) groups is 1. The van der Waals surface area contributed by atoms with Crippen molar-refractivity contribution in [1.82, 2.24) is 4.90 Å². The highest BCUT2D eigenvalue weighted by molar-refractivity contribution is 7.92. The van der Waals surface area contributed by atoms with Gasteiger partial charge in [-0.1, -0.05) is 29.3 Å².